The highest BCUT2D eigenvalue weighted by molar-refractivity contribution is 9.10. The number of halogens is 1. The zero-order valence-corrected chi connectivity index (χ0v) is 14.0. The van der Waals surface area contributed by atoms with Crippen molar-refractivity contribution in [1.29, 1.82) is 0 Å². The van der Waals surface area contributed by atoms with Crippen molar-refractivity contribution in [2.24, 2.45) is 0 Å². The molecule has 1 aliphatic heterocycles. The molecule has 0 saturated carbocycles. The second kappa shape index (κ2) is 6.35. The zero-order chi connectivity index (χ0) is 16.5. The van der Waals surface area contributed by atoms with Crippen LogP contribution in [0.3, 0.4) is 0 Å². The van der Waals surface area contributed by atoms with Gasteiger partial charge in [0.15, 0.2) is 0 Å². The molecule has 0 radical (unpaired) electrons. The fraction of sp³-hybridized carbons (Fsp3) is 0.385. The van der Waals surface area contributed by atoms with Crippen molar-refractivity contribution in [2.45, 2.75) is 18.6 Å². The van der Waals surface area contributed by atoms with Gasteiger partial charge in [-0.1, -0.05) is 12.1 Å². The minimum Gasteiger partial charge on any atom is -0.480 e. The largest absolute Gasteiger partial charge is 0.480 e. The van der Waals surface area contributed by atoms with Gasteiger partial charge in [-0.2, -0.15) is 8.42 Å². The first-order chi connectivity index (χ1) is 10.2. The number of carboxylic acids is 1. The fourth-order valence-electron chi connectivity index (χ4n) is 2.36. The molecule has 1 aromatic carbocycles. The summed E-state index contributed by atoms with van der Waals surface area (Å²) >= 11 is 3.24. The molecule has 0 unspecified atom stereocenters. The molecule has 0 aliphatic carbocycles. The van der Waals surface area contributed by atoms with Crippen LogP contribution in [-0.2, 0) is 19.1 Å². The van der Waals surface area contributed by atoms with Gasteiger partial charge in [0.2, 0.25) is 0 Å². The molecule has 0 spiro atoms. The number of aliphatic carboxylic acids is 1. The molecule has 22 heavy (non-hydrogen) atoms. The van der Waals surface area contributed by atoms with E-state index in [-0.39, 0.29) is 13.0 Å². The number of carbonyl (C=O) groups excluding carboxylic acids is 1. The Balaban J connectivity index is 2.26. The van der Waals surface area contributed by atoms with E-state index >= 15 is 0 Å². The lowest BCUT2D eigenvalue weighted by Gasteiger charge is -2.21. The summed E-state index contributed by atoms with van der Waals surface area (Å²) in [5.74, 6) is -1.68. The Morgan fingerprint density at radius 2 is 2.00 bits per heavy atom. The van der Waals surface area contributed by atoms with Crippen LogP contribution < -0.4 is 0 Å². The third-order valence-corrected chi connectivity index (χ3v) is 4.54. The van der Waals surface area contributed by atoms with Gasteiger partial charge in [0.1, 0.15) is 6.04 Å². The monoisotopic (exact) mass is 391 g/mol. The molecule has 0 bridgehead atoms. The predicted molar refractivity (Wildman–Crippen MR) is 80.9 cm³/mol. The van der Waals surface area contributed by atoms with Crippen molar-refractivity contribution >= 4 is 37.9 Å². The van der Waals surface area contributed by atoms with Crippen molar-refractivity contribution < 1.29 is 27.3 Å². The molecule has 1 saturated heterocycles. The Kier molecular flexibility index (Phi) is 4.88. The number of hydrogen-bond donors (Lipinski definition) is 1. The molecule has 9 heteroatoms. The molecule has 1 N–H and O–H groups in total. The van der Waals surface area contributed by atoms with E-state index in [4.69, 9.17) is 4.18 Å². The molecule has 1 heterocycles. The van der Waals surface area contributed by atoms with Crippen LogP contribution in [0.1, 0.15) is 16.8 Å². The lowest BCUT2D eigenvalue weighted by Crippen LogP contribution is -2.40. The van der Waals surface area contributed by atoms with E-state index in [1.807, 2.05) is 0 Å². The Morgan fingerprint density at radius 1 is 1.36 bits per heavy atom. The highest BCUT2D eigenvalue weighted by Gasteiger charge is 2.42. The van der Waals surface area contributed by atoms with Crippen LogP contribution in [0.5, 0.6) is 0 Å². The van der Waals surface area contributed by atoms with Gasteiger partial charge in [-0.3, -0.25) is 8.98 Å². The number of benzene rings is 1. The van der Waals surface area contributed by atoms with Gasteiger partial charge in [0.05, 0.1) is 17.9 Å². The van der Waals surface area contributed by atoms with Crippen LogP contribution in [-0.4, -0.2) is 55.2 Å². The van der Waals surface area contributed by atoms with Gasteiger partial charge in [-0.15, -0.1) is 0 Å². The van der Waals surface area contributed by atoms with E-state index in [9.17, 15) is 23.1 Å². The first-order valence-corrected chi connectivity index (χ1v) is 8.96. The van der Waals surface area contributed by atoms with E-state index in [0.29, 0.717) is 10.0 Å². The van der Waals surface area contributed by atoms with Gasteiger partial charge in [-0.05, 0) is 28.1 Å². The number of likely N-dealkylation sites (tertiary alicyclic amines) is 1. The molecule has 1 fully saturated rings. The number of nitrogens with zero attached hydrogens (tertiary/aromatic N) is 1. The fourth-order valence-corrected chi connectivity index (χ4v) is 3.45. The van der Waals surface area contributed by atoms with Crippen LogP contribution in [0.15, 0.2) is 28.7 Å². The van der Waals surface area contributed by atoms with E-state index in [1.165, 1.54) is 0 Å². The third kappa shape index (κ3) is 3.84. The zero-order valence-electron chi connectivity index (χ0n) is 11.6. The number of carbonyl (C=O) groups is 2. The van der Waals surface area contributed by atoms with Gasteiger partial charge in [0, 0.05) is 17.4 Å². The van der Waals surface area contributed by atoms with Gasteiger partial charge in [-0.25, -0.2) is 4.79 Å². The third-order valence-electron chi connectivity index (χ3n) is 3.22. The summed E-state index contributed by atoms with van der Waals surface area (Å²) in [6, 6.07) is 5.51. The average Bonchev–Trinajstić information content (AvgIpc) is 2.80. The topological polar surface area (TPSA) is 101 Å². The Bertz CT molecular complexity index is 704. The summed E-state index contributed by atoms with van der Waals surface area (Å²) in [5, 5.41) is 9.25. The van der Waals surface area contributed by atoms with Crippen LogP contribution >= 0.6 is 15.9 Å². The van der Waals surface area contributed by atoms with Crippen LogP contribution in [0.4, 0.5) is 0 Å². The summed E-state index contributed by atoms with van der Waals surface area (Å²) in [4.78, 5) is 25.0. The maximum Gasteiger partial charge on any atom is 0.326 e. The van der Waals surface area contributed by atoms with Crippen molar-refractivity contribution in [3.05, 3.63) is 34.3 Å². The van der Waals surface area contributed by atoms with Gasteiger partial charge >= 0.3 is 5.97 Å². The first kappa shape index (κ1) is 16.9. The second-order valence-electron chi connectivity index (χ2n) is 4.95. The Hall–Kier alpha value is -1.45. The summed E-state index contributed by atoms with van der Waals surface area (Å²) in [5.41, 5.74) is 0.314. The van der Waals surface area contributed by atoms with Crippen molar-refractivity contribution in [3.63, 3.8) is 0 Å². The second-order valence-corrected chi connectivity index (χ2v) is 7.40. The minimum atomic E-state index is -3.72. The van der Waals surface area contributed by atoms with Crippen molar-refractivity contribution in [1.82, 2.24) is 4.90 Å². The molecule has 120 valence electrons. The summed E-state index contributed by atoms with van der Waals surface area (Å²) in [6.45, 7) is -0.0931. The standard InChI is InChI=1S/C13H14BrNO6S/c1-22(19,20)21-8-6-11(13(17)18)15(7-8)12(16)9-4-2-3-5-10(9)14/h2-5,8,11H,6-7H2,1H3,(H,17,18)/t8-,11-/m0/s1. The number of amides is 1. The average molecular weight is 392 g/mol. The van der Waals surface area contributed by atoms with Gasteiger partial charge in [0.25, 0.3) is 16.0 Å². The first-order valence-electron chi connectivity index (χ1n) is 6.35. The predicted octanol–water partition coefficient (Wildman–Crippen LogP) is 1.09. The Labute approximate surface area is 136 Å². The quantitative estimate of drug-likeness (QED) is 0.770. The smallest absolute Gasteiger partial charge is 0.326 e. The van der Waals surface area contributed by atoms with Crippen molar-refractivity contribution in [2.75, 3.05) is 12.8 Å². The van der Waals surface area contributed by atoms with Crippen LogP contribution in [0.2, 0.25) is 0 Å². The van der Waals surface area contributed by atoms with Crippen molar-refractivity contribution in [3.8, 4) is 0 Å². The number of carboxylic acid groups (broad SMARTS) is 1. The van der Waals surface area contributed by atoms with Crippen LogP contribution in [0, 0.1) is 0 Å². The molecule has 7 nitrogen and oxygen atoms in total. The molecule has 1 aromatic rings. The maximum absolute atomic E-state index is 12.5. The van der Waals surface area contributed by atoms with E-state index in [2.05, 4.69) is 15.9 Å². The van der Waals surface area contributed by atoms with E-state index < -0.39 is 34.1 Å². The van der Waals surface area contributed by atoms with Gasteiger partial charge < -0.3 is 10.0 Å². The Morgan fingerprint density at radius 3 is 2.55 bits per heavy atom. The molecule has 2 rings (SSSR count). The summed E-state index contributed by atoms with van der Waals surface area (Å²) < 4.78 is 27.7. The summed E-state index contributed by atoms with van der Waals surface area (Å²) in [7, 11) is -3.72. The molecular weight excluding hydrogens is 378 g/mol. The number of rotatable bonds is 4. The molecule has 1 amide bonds. The van der Waals surface area contributed by atoms with E-state index in [1.54, 1.807) is 24.3 Å². The minimum absolute atomic E-state index is 0.0708. The lowest BCUT2D eigenvalue weighted by atomic mass is 10.1. The highest BCUT2D eigenvalue weighted by Crippen LogP contribution is 2.26. The SMILES string of the molecule is CS(=O)(=O)O[C@H]1C[C@@H](C(=O)O)N(C(=O)c2ccccc2Br)C1. The van der Waals surface area contributed by atoms with Crippen LogP contribution in [0.25, 0.3) is 0 Å². The highest BCUT2D eigenvalue weighted by atomic mass is 79.9. The molecular formula is C13H14BrNO6S. The lowest BCUT2D eigenvalue weighted by molar-refractivity contribution is -0.141. The number of hydrogen-bond acceptors (Lipinski definition) is 5. The van der Waals surface area contributed by atoms with E-state index in [0.717, 1.165) is 11.2 Å². The molecule has 1 aliphatic rings. The maximum atomic E-state index is 12.5. The normalized spacial score (nSPS) is 21.8. The molecule has 2 atom stereocenters. The molecule has 0 aromatic heterocycles. The summed E-state index contributed by atoms with van der Waals surface area (Å²) in [6.07, 6.45) is -0.0397.